The molecule has 0 radical (unpaired) electrons. The number of sulfone groups is 1. The fourth-order valence-electron chi connectivity index (χ4n) is 5.54. The van der Waals surface area contributed by atoms with Gasteiger partial charge in [0, 0.05) is 4.91 Å². The summed E-state index contributed by atoms with van der Waals surface area (Å²) in [5, 5.41) is 10.0. The lowest BCUT2D eigenvalue weighted by Gasteiger charge is -2.32. The third-order valence-corrected chi connectivity index (χ3v) is 10.4. The van der Waals surface area contributed by atoms with Gasteiger partial charge in [0.1, 0.15) is 0 Å². The van der Waals surface area contributed by atoms with E-state index in [0.717, 1.165) is 38.5 Å². The zero-order valence-electron chi connectivity index (χ0n) is 20.7. The van der Waals surface area contributed by atoms with E-state index >= 15 is 0 Å². The maximum Gasteiger partial charge on any atom is 0.178 e. The highest BCUT2D eigenvalue weighted by Gasteiger charge is 2.36. The van der Waals surface area contributed by atoms with Crippen molar-refractivity contribution in [2.24, 2.45) is 17.8 Å². The zero-order chi connectivity index (χ0) is 23.7. The normalized spacial score (nSPS) is 31.1. The van der Waals surface area contributed by atoms with Crippen LogP contribution in [0.15, 0.2) is 58.1 Å². The molecule has 0 bridgehead atoms. The van der Waals surface area contributed by atoms with E-state index in [9.17, 15) is 13.5 Å². The molecule has 2 fully saturated rings. The molecule has 0 amide bonds. The highest BCUT2D eigenvalue weighted by atomic mass is 32.2. The van der Waals surface area contributed by atoms with Crippen molar-refractivity contribution in [1.29, 1.82) is 0 Å². The Morgan fingerprint density at radius 2 is 1.94 bits per heavy atom. The minimum absolute atomic E-state index is 0.233. The number of allylic oxidation sites excluding steroid dienone is 8. The van der Waals surface area contributed by atoms with Gasteiger partial charge in [0.05, 0.1) is 10.9 Å². The molecule has 0 aromatic rings. The van der Waals surface area contributed by atoms with E-state index < -0.39 is 14.6 Å². The molecule has 0 spiro atoms. The number of hydrogen-bond donors (Lipinski definition) is 1. The lowest BCUT2D eigenvalue weighted by molar-refractivity contribution is 0.158. The molecule has 4 atom stereocenters. The van der Waals surface area contributed by atoms with Gasteiger partial charge in [-0.05, 0) is 102 Å². The van der Waals surface area contributed by atoms with Gasteiger partial charge in [-0.25, -0.2) is 8.42 Å². The van der Waals surface area contributed by atoms with E-state index in [1.807, 2.05) is 6.08 Å². The molecular formula is C28H42O3S. The first-order valence-electron chi connectivity index (χ1n) is 12.3. The Morgan fingerprint density at radius 1 is 1.22 bits per heavy atom. The van der Waals surface area contributed by atoms with Crippen molar-refractivity contribution in [2.75, 3.05) is 0 Å². The third-order valence-electron chi connectivity index (χ3n) is 7.72. The average molecular weight is 459 g/mol. The zero-order valence-corrected chi connectivity index (χ0v) is 21.5. The molecule has 0 heterocycles. The monoisotopic (exact) mass is 458 g/mol. The lowest BCUT2D eigenvalue weighted by atomic mass is 9.72. The van der Waals surface area contributed by atoms with Crippen LogP contribution < -0.4 is 0 Å². The number of aliphatic hydroxyl groups is 1. The van der Waals surface area contributed by atoms with Gasteiger partial charge in [0.25, 0.3) is 0 Å². The summed E-state index contributed by atoms with van der Waals surface area (Å²) in [6, 6.07) is 0. The predicted octanol–water partition coefficient (Wildman–Crippen LogP) is 6.83. The molecule has 178 valence electrons. The molecule has 4 heteroatoms. The van der Waals surface area contributed by atoms with Gasteiger partial charge in [-0.15, -0.1) is 0 Å². The highest BCUT2D eigenvalue weighted by Crippen LogP contribution is 2.48. The van der Waals surface area contributed by atoms with Crippen molar-refractivity contribution in [3.05, 3.63) is 58.1 Å². The van der Waals surface area contributed by atoms with Gasteiger partial charge >= 0.3 is 0 Å². The Bertz CT molecular complexity index is 953. The second-order valence-electron chi connectivity index (χ2n) is 11.0. The Morgan fingerprint density at radius 3 is 2.62 bits per heavy atom. The summed E-state index contributed by atoms with van der Waals surface area (Å²) in [4.78, 5) is 0.498. The molecule has 0 aromatic heterocycles. The van der Waals surface area contributed by atoms with Crippen LogP contribution >= 0.6 is 0 Å². The fourth-order valence-corrected chi connectivity index (χ4v) is 6.82. The van der Waals surface area contributed by atoms with Gasteiger partial charge in [0.15, 0.2) is 9.84 Å². The van der Waals surface area contributed by atoms with Gasteiger partial charge in [-0.3, -0.25) is 0 Å². The van der Waals surface area contributed by atoms with Gasteiger partial charge in [0.2, 0.25) is 0 Å². The van der Waals surface area contributed by atoms with Gasteiger partial charge < -0.3 is 5.11 Å². The van der Waals surface area contributed by atoms with E-state index in [1.54, 1.807) is 27.7 Å². The van der Waals surface area contributed by atoms with Crippen LogP contribution in [-0.2, 0) is 9.84 Å². The van der Waals surface area contributed by atoms with Crippen LogP contribution in [0.2, 0.25) is 0 Å². The lowest BCUT2D eigenvalue weighted by Crippen LogP contribution is -2.28. The maximum absolute atomic E-state index is 12.7. The Kier molecular flexibility index (Phi) is 7.77. The van der Waals surface area contributed by atoms with Crippen LogP contribution in [0.25, 0.3) is 0 Å². The summed E-state index contributed by atoms with van der Waals surface area (Å²) in [6.07, 6.45) is 16.5. The summed E-state index contributed by atoms with van der Waals surface area (Å²) >= 11 is 0. The van der Waals surface area contributed by atoms with Crippen LogP contribution in [0.5, 0.6) is 0 Å². The molecular weight excluding hydrogens is 416 g/mol. The predicted molar refractivity (Wildman–Crippen MR) is 135 cm³/mol. The molecule has 2 saturated carbocycles. The van der Waals surface area contributed by atoms with Crippen molar-refractivity contribution in [3.8, 4) is 0 Å². The highest BCUT2D eigenvalue weighted by molar-refractivity contribution is 7.96. The number of fused-ring (bicyclic) bond motifs is 1. The number of hydrogen-bond acceptors (Lipinski definition) is 3. The first-order valence-corrected chi connectivity index (χ1v) is 13.8. The summed E-state index contributed by atoms with van der Waals surface area (Å²) in [5.41, 5.74) is 5.43. The smallest absolute Gasteiger partial charge is 0.178 e. The van der Waals surface area contributed by atoms with Crippen LogP contribution in [0.3, 0.4) is 0 Å². The largest absolute Gasteiger partial charge is 0.393 e. The maximum atomic E-state index is 12.7. The topological polar surface area (TPSA) is 54.4 Å². The average Bonchev–Trinajstić information content (AvgIpc) is 3.16. The first-order chi connectivity index (χ1) is 14.9. The Labute approximate surface area is 196 Å². The Balaban J connectivity index is 1.70. The standard InChI is InChI=1S/C28H42O3S/c1-19-11-15-24(29)18-23(19)14-13-22-8-7-9-27-25(16-17-26(22)27)20(2)10-12-21(3)32(30,31)28(4,5)6/h12-14,16,20,24,26-27,29H,1,7-11,15,17-18H2,2-6H3. The van der Waals surface area contributed by atoms with Crippen molar-refractivity contribution in [3.63, 3.8) is 0 Å². The van der Waals surface area contributed by atoms with Crippen LogP contribution in [-0.4, -0.2) is 24.4 Å². The SMILES string of the molecule is C=C1CCC(O)CC1=CC=C1CCCC2C(C(C)CC=C(C)S(=O)(=O)C(C)(C)C)=CCC12. The van der Waals surface area contributed by atoms with Crippen LogP contribution in [0.4, 0.5) is 0 Å². The van der Waals surface area contributed by atoms with E-state index in [-0.39, 0.29) is 6.10 Å². The molecule has 3 aliphatic carbocycles. The molecule has 1 N–H and O–H groups in total. The minimum atomic E-state index is -3.25. The quantitative estimate of drug-likeness (QED) is 0.459. The molecule has 4 unspecified atom stereocenters. The third kappa shape index (κ3) is 5.39. The summed E-state index contributed by atoms with van der Waals surface area (Å²) in [6.45, 7) is 13.5. The second kappa shape index (κ2) is 9.85. The van der Waals surface area contributed by atoms with Crippen LogP contribution in [0.1, 0.15) is 86.0 Å². The first kappa shape index (κ1) is 25.2. The fraction of sp³-hybridized carbons (Fsp3) is 0.643. The summed E-state index contributed by atoms with van der Waals surface area (Å²) in [7, 11) is -3.25. The van der Waals surface area contributed by atoms with Crippen LogP contribution in [0, 0.1) is 17.8 Å². The molecule has 3 aliphatic rings. The Hall–Kier alpha value is -1.39. The van der Waals surface area contributed by atoms with E-state index in [2.05, 4.69) is 31.7 Å². The van der Waals surface area contributed by atoms with E-state index in [0.29, 0.717) is 22.7 Å². The van der Waals surface area contributed by atoms with Crippen molar-refractivity contribution in [1.82, 2.24) is 0 Å². The molecule has 0 aromatic carbocycles. The minimum Gasteiger partial charge on any atom is -0.393 e. The van der Waals surface area contributed by atoms with E-state index in [4.69, 9.17) is 0 Å². The van der Waals surface area contributed by atoms with Crippen molar-refractivity contribution in [2.45, 2.75) is 96.8 Å². The van der Waals surface area contributed by atoms with Gasteiger partial charge in [-0.2, -0.15) is 0 Å². The molecule has 32 heavy (non-hydrogen) atoms. The van der Waals surface area contributed by atoms with Gasteiger partial charge in [-0.1, -0.05) is 54.5 Å². The molecule has 0 saturated heterocycles. The summed E-state index contributed by atoms with van der Waals surface area (Å²) in [5.74, 6) is 1.51. The molecule has 0 aliphatic heterocycles. The molecule has 3 rings (SSSR count). The number of aliphatic hydroxyl groups excluding tert-OH is 1. The van der Waals surface area contributed by atoms with Crippen molar-refractivity contribution < 1.29 is 13.5 Å². The van der Waals surface area contributed by atoms with E-state index in [1.165, 1.54) is 35.1 Å². The second-order valence-corrected chi connectivity index (χ2v) is 13.9. The summed E-state index contributed by atoms with van der Waals surface area (Å²) < 4.78 is 24.6. The number of rotatable bonds is 5. The molecule has 3 nitrogen and oxygen atoms in total. The van der Waals surface area contributed by atoms with Crippen molar-refractivity contribution >= 4 is 9.84 Å².